The summed E-state index contributed by atoms with van der Waals surface area (Å²) in [5, 5.41) is 16.8. The summed E-state index contributed by atoms with van der Waals surface area (Å²) in [6, 6.07) is 16.1. The minimum absolute atomic E-state index is 0.00934. The maximum atomic E-state index is 9.29. The van der Waals surface area contributed by atoms with Crippen LogP contribution in [0.5, 0.6) is 5.75 Å². The van der Waals surface area contributed by atoms with Crippen molar-refractivity contribution in [3.8, 4) is 11.8 Å². The van der Waals surface area contributed by atoms with Crippen molar-refractivity contribution in [3.05, 3.63) is 63.8 Å². The topological polar surface area (TPSA) is 45.0 Å². The van der Waals surface area contributed by atoms with Gasteiger partial charge in [-0.05, 0) is 30.0 Å². The molecule has 0 spiro atoms. The average molecular weight is 320 g/mol. The van der Waals surface area contributed by atoms with E-state index in [9.17, 15) is 5.26 Å². The van der Waals surface area contributed by atoms with Crippen LogP contribution in [0.4, 0.5) is 0 Å². The molecule has 0 radical (unpaired) electrons. The summed E-state index contributed by atoms with van der Waals surface area (Å²) in [7, 11) is 0. The van der Waals surface area contributed by atoms with Gasteiger partial charge in [0, 0.05) is 34.3 Å². The lowest BCUT2D eigenvalue weighted by atomic mass is 10.0. The molecule has 0 amide bonds. The monoisotopic (exact) mass is 320 g/mol. The Morgan fingerprint density at radius 3 is 2.87 bits per heavy atom. The highest BCUT2D eigenvalue weighted by molar-refractivity contribution is 7.10. The van der Waals surface area contributed by atoms with Crippen LogP contribution in [-0.2, 0) is 6.42 Å². The molecule has 4 heteroatoms. The Labute approximate surface area is 139 Å². The van der Waals surface area contributed by atoms with Crippen LogP contribution in [-0.4, -0.2) is 13.1 Å². The summed E-state index contributed by atoms with van der Waals surface area (Å²) in [5.74, 6) is 0.838. The molecule has 3 nitrogen and oxygen atoms in total. The van der Waals surface area contributed by atoms with Crippen LogP contribution in [0.2, 0.25) is 0 Å². The minimum atomic E-state index is 0.00934. The molecule has 0 fully saturated rings. The summed E-state index contributed by atoms with van der Waals surface area (Å²) in [4.78, 5) is 1.40. The van der Waals surface area contributed by atoms with E-state index < -0.39 is 0 Å². The van der Waals surface area contributed by atoms with E-state index in [4.69, 9.17) is 4.74 Å². The Bertz CT molecular complexity index is 894. The SMILES string of the molecule is N#Cc1ccc(OC2CNCCc3sccc32)c2ccccc12. The quantitative estimate of drug-likeness (QED) is 0.775. The Morgan fingerprint density at radius 1 is 1.13 bits per heavy atom. The van der Waals surface area contributed by atoms with Crippen LogP contribution in [0, 0.1) is 11.3 Å². The van der Waals surface area contributed by atoms with Crippen molar-refractivity contribution in [2.45, 2.75) is 12.5 Å². The van der Waals surface area contributed by atoms with Crippen LogP contribution in [0.15, 0.2) is 47.8 Å². The third-order valence-corrected chi connectivity index (χ3v) is 5.26. The highest BCUT2D eigenvalue weighted by Gasteiger charge is 2.22. The summed E-state index contributed by atoms with van der Waals surface area (Å²) in [6.45, 7) is 1.79. The largest absolute Gasteiger partial charge is 0.484 e. The molecule has 2 aromatic carbocycles. The maximum Gasteiger partial charge on any atom is 0.137 e. The van der Waals surface area contributed by atoms with E-state index in [2.05, 4.69) is 22.8 Å². The summed E-state index contributed by atoms with van der Waals surface area (Å²) < 4.78 is 6.37. The van der Waals surface area contributed by atoms with Gasteiger partial charge in [0.05, 0.1) is 11.6 Å². The van der Waals surface area contributed by atoms with Crippen LogP contribution in [0.25, 0.3) is 10.8 Å². The lowest BCUT2D eigenvalue weighted by Crippen LogP contribution is -2.23. The zero-order valence-corrected chi connectivity index (χ0v) is 13.4. The fraction of sp³-hybridized carbons (Fsp3) is 0.211. The second kappa shape index (κ2) is 6.04. The van der Waals surface area contributed by atoms with E-state index in [1.165, 1.54) is 10.4 Å². The molecule has 0 aliphatic carbocycles. The van der Waals surface area contributed by atoms with Gasteiger partial charge in [-0.2, -0.15) is 5.26 Å². The Hall–Kier alpha value is -2.35. The fourth-order valence-electron chi connectivity index (χ4n) is 3.12. The number of ether oxygens (including phenoxy) is 1. The predicted molar refractivity (Wildman–Crippen MR) is 92.9 cm³/mol. The van der Waals surface area contributed by atoms with Gasteiger partial charge in [-0.3, -0.25) is 0 Å². The number of hydrogen-bond acceptors (Lipinski definition) is 4. The molecule has 1 N–H and O–H groups in total. The molecular formula is C19H16N2OS. The van der Waals surface area contributed by atoms with E-state index in [1.807, 2.05) is 36.4 Å². The second-order valence-corrected chi connectivity index (χ2v) is 6.63. The lowest BCUT2D eigenvalue weighted by molar-refractivity contribution is 0.208. The van der Waals surface area contributed by atoms with E-state index in [0.29, 0.717) is 5.56 Å². The van der Waals surface area contributed by atoms with Crippen molar-refractivity contribution in [1.82, 2.24) is 5.32 Å². The first-order chi connectivity index (χ1) is 11.4. The molecule has 2 heterocycles. The highest BCUT2D eigenvalue weighted by Crippen LogP contribution is 2.34. The molecular weight excluding hydrogens is 304 g/mol. The number of thiophene rings is 1. The molecule has 0 saturated carbocycles. The van der Waals surface area contributed by atoms with Gasteiger partial charge in [0.25, 0.3) is 0 Å². The molecule has 23 heavy (non-hydrogen) atoms. The van der Waals surface area contributed by atoms with Gasteiger partial charge in [0.2, 0.25) is 0 Å². The second-order valence-electron chi connectivity index (χ2n) is 5.63. The van der Waals surface area contributed by atoms with Crippen molar-refractivity contribution in [3.63, 3.8) is 0 Å². The summed E-state index contributed by atoms with van der Waals surface area (Å²) >= 11 is 1.80. The number of fused-ring (bicyclic) bond motifs is 2. The van der Waals surface area contributed by atoms with Crippen LogP contribution in [0.3, 0.4) is 0 Å². The van der Waals surface area contributed by atoms with Crippen molar-refractivity contribution < 1.29 is 4.74 Å². The Kier molecular flexibility index (Phi) is 3.74. The van der Waals surface area contributed by atoms with Gasteiger partial charge in [0.1, 0.15) is 11.9 Å². The first-order valence-corrected chi connectivity index (χ1v) is 8.60. The van der Waals surface area contributed by atoms with E-state index in [1.54, 1.807) is 11.3 Å². The molecule has 114 valence electrons. The zero-order chi connectivity index (χ0) is 15.6. The first-order valence-electron chi connectivity index (χ1n) is 7.72. The number of nitriles is 1. The zero-order valence-electron chi connectivity index (χ0n) is 12.6. The third kappa shape index (κ3) is 2.59. The van der Waals surface area contributed by atoms with Crippen molar-refractivity contribution in [2.75, 3.05) is 13.1 Å². The molecule has 1 aromatic heterocycles. The van der Waals surface area contributed by atoms with Crippen molar-refractivity contribution in [1.29, 1.82) is 5.26 Å². The smallest absolute Gasteiger partial charge is 0.137 e. The van der Waals surface area contributed by atoms with Crippen LogP contribution < -0.4 is 10.1 Å². The molecule has 4 rings (SSSR count). The molecule has 1 unspecified atom stereocenters. The number of rotatable bonds is 2. The van der Waals surface area contributed by atoms with Crippen molar-refractivity contribution in [2.24, 2.45) is 0 Å². The van der Waals surface area contributed by atoms with Gasteiger partial charge in [-0.15, -0.1) is 11.3 Å². The predicted octanol–water partition coefficient (Wildman–Crippen LogP) is 4.04. The number of nitrogens with one attached hydrogen (secondary N) is 1. The third-order valence-electron chi connectivity index (χ3n) is 4.26. The lowest BCUT2D eigenvalue weighted by Gasteiger charge is -2.19. The summed E-state index contributed by atoms with van der Waals surface area (Å²) in [6.07, 6.45) is 1.07. The number of nitrogens with zero attached hydrogens (tertiary/aromatic N) is 1. The Balaban J connectivity index is 1.76. The normalized spacial score (nSPS) is 17.3. The molecule has 1 aliphatic rings. The first kappa shape index (κ1) is 14.3. The van der Waals surface area contributed by atoms with Crippen LogP contribution in [0.1, 0.15) is 22.1 Å². The number of benzene rings is 2. The number of hydrogen-bond donors (Lipinski definition) is 1. The van der Waals surface area contributed by atoms with Gasteiger partial charge in [0.15, 0.2) is 0 Å². The Morgan fingerprint density at radius 2 is 2.00 bits per heavy atom. The molecule has 3 aromatic rings. The van der Waals surface area contributed by atoms with Gasteiger partial charge < -0.3 is 10.1 Å². The average Bonchev–Trinajstić information content (AvgIpc) is 2.98. The van der Waals surface area contributed by atoms with Crippen LogP contribution >= 0.6 is 11.3 Å². The fourth-order valence-corrected chi connectivity index (χ4v) is 4.05. The van der Waals surface area contributed by atoms with E-state index in [-0.39, 0.29) is 6.10 Å². The van der Waals surface area contributed by atoms with Crippen molar-refractivity contribution >= 4 is 22.1 Å². The molecule has 0 bridgehead atoms. The molecule has 1 aliphatic heterocycles. The maximum absolute atomic E-state index is 9.29. The molecule has 1 atom stereocenters. The van der Waals surface area contributed by atoms with E-state index in [0.717, 1.165) is 36.0 Å². The standard InChI is InChI=1S/C19H16N2OS/c20-11-13-5-6-17(15-4-2-1-3-14(13)15)22-18-12-21-9-7-19-16(18)8-10-23-19/h1-6,8,10,18,21H,7,9,12H2. The minimum Gasteiger partial charge on any atom is -0.484 e. The summed E-state index contributed by atoms with van der Waals surface area (Å²) in [5.41, 5.74) is 1.97. The van der Waals surface area contributed by atoms with Gasteiger partial charge >= 0.3 is 0 Å². The highest BCUT2D eigenvalue weighted by atomic mass is 32.1. The van der Waals surface area contributed by atoms with E-state index >= 15 is 0 Å². The van der Waals surface area contributed by atoms with Gasteiger partial charge in [-0.1, -0.05) is 24.3 Å². The van der Waals surface area contributed by atoms with Gasteiger partial charge in [-0.25, -0.2) is 0 Å². The molecule has 0 saturated heterocycles.